The highest BCUT2D eigenvalue weighted by molar-refractivity contribution is 5.87. The fourth-order valence-electron chi connectivity index (χ4n) is 8.35. The van der Waals surface area contributed by atoms with Crippen molar-refractivity contribution in [3.63, 3.8) is 0 Å². The minimum atomic E-state index is -2.08. The van der Waals surface area contributed by atoms with Crippen molar-refractivity contribution in [3.05, 3.63) is 118 Å². The van der Waals surface area contributed by atoms with Crippen LogP contribution in [0.25, 0.3) is 44.3 Å². The maximum atomic E-state index is 14.5. The van der Waals surface area contributed by atoms with Crippen LogP contribution in [0.5, 0.6) is 0 Å². The third-order valence-electron chi connectivity index (χ3n) is 11.6. The molecule has 2 aromatic heterocycles. The Hall–Kier alpha value is -4.20. The number of aliphatic hydroxyl groups excluding tert-OH is 3. The number of H-pyrrole nitrogens is 2. The molecular formula is C49H62N2O4. The van der Waals surface area contributed by atoms with Crippen LogP contribution in [-0.2, 0) is 27.3 Å². The number of aromatic amines is 2. The van der Waals surface area contributed by atoms with E-state index in [1.165, 1.54) is 0 Å². The van der Waals surface area contributed by atoms with Crippen LogP contribution in [0.2, 0.25) is 0 Å². The van der Waals surface area contributed by atoms with E-state index < -0.39 is 52.5 Å². The lowest BCUT2D eigenvalue weighted by atomic mass is 9.56. The van der Waals surface area contributed by atoms with Gasteiger partial charge in [-0.05, 0) is 115 Å². The van der Waals surface area contributed by atoms with Crippen LogP contribution in [-0.4, -0.2) is 50.2 Å². The molecule has 0 amide bonds. The summed E-state index contributed by atoms with van der Waals surface area (Å²) in [7, 11) is 0. The average molecular weight is 743 g/mol. The van der Waals surface area contributed by atoms with Crippen molar-refractivity contribution in [1.29, 1.82) is 0 Å². The van der Waals surface area contributed by atoms with Crippen LogP contribution in [0.1, 0.15) is 116 Å². The molecule has 0 aliphatic rings. The molecule has 55 heavy (non-hydrogen) atoms. The summed E-state index contributed by atoms with van der Waals surface area (Å²) in [6.45, 7) is 23.7. The molecule has 0 aliphatic heterocycles. The number of aromatic nitrogens is 2. The number of nitrogens with one attached hydrogen (secondary N) is 2. The van der Waals surface area contributed by atoms with Crippen LogP contribution >= 0.6 is 0 Å². The molecule has 6 heteroatoms. The van der Waals surface area contributed by atoms with Crippen molar-refractivity contribution >= 4 is 21.8 Å². The summed E-state index contributed by atoms with van der Waals surface area (Å²) in [5.41, 5.74) is 4.67. The third-order valence-corrected chi connectivity index (χ3v) is 11.6. The zero-order valence-electron chi connectivity index (χ0n) is 35.0. The largest absolute Gasteiger partial charge is 0.395 e. The molecule has 0 fully saturated rings. The predicted molar refractivity (Wildman–Crippen MR) is 229 cm³/mol. The SMILES string of the molecule is CC(C)(C)c1cc(-c2cc3ccccc3[nH]2)cc(C(C)(C)C)c1C(O)(c1c(C(C)(C)C)cc(-c2cc3ccccc3[nH]2)cc1C(C)(C)C)C(CO)(CO)CO. The van der Waals surface area contributed by atoms with E-state index in [-0.39, 0.29) is 0 Å². The number of para-hydroxylation sites is 2. The molecule has 0 spiro atoms. The minimum Gasteiger partial charge on any atom is -0.395 e. The van der Waals surface area contributed by atoms with Crippen LogP contribution in [0.4, 0.5) is 0 Å². The summed E-state index contributed by atoms with van der Waals surface area (Å²) in [6, 6.07) is 29.4. The Kier molecular flexibility index (Phi) is 10.1. The van der Waals surface area contributed by atoms with Crippen LogP contribution in [0, 0.1) is 5.41 Å². The second kappa shape index (κ2) is 13.8. The van der Waals surface area contributed by atoms with Gasteiger partial charge in [0.1, 0.15) is 5.60 Å². The van der Waals surface area contributed by atoms with E-state index in [1.54, 1.807) is 0 Å². The van der Waals surface area contributed by atoms with Crippen LogP contribution < -0.4 is 0 Å². The first-order valence-corrected chi connectivity index (χ1v) is 19.6. The van der Waals surface area contributed by atoms with Gasteiger partial charge in [-0.25, -0.2) is 0 Å². The molecule has 4 aromatic carbocycles. The summed E-state index contributed by atoms with van der Waals surface area (Å²) in [5.74, 6) is 0. The molecule has 6 nitrogen and oxygen atoms in total. The lowest BCUT2D eigenvalue weighted by Crippen LogP contribution is -2.57. The lowest BCUT2D eigenvalue weighted by Gasteiger charge is -2.52. The van der Waals surface area contributed by atoms with Gasteiger partial charge in [0, 0.05) is 33.2 Å². The first kappa shape index (κ1) is 40.5. The van der Waals surface area contributed by atoms with Crippen LogP contribution in [0.3, 0.4) is 0 Å². The van der Waals surface area contributed by atoms with Gasteiger partial charge < -0.3 is 30.4 Å². The van der Waals surface area contributed by atoms with Crippen LogP contribution in [0.15, 0.2) is 84.9 Å². The third kappa shape index (κ3) is 6.97. The van der Waals surface area contributed by atoms with Gasteiger partial charge in [0.25, 0.3) is 0 Å². The number of aliphatic hydroxyl groups is 4. The van der Waals surface area contributed by atoms with Gasteiger partial charge >= 0.3 is 0 Å². The molecular weight excluding hydrogens is 681 g/mol. The van der Waals surface area contributed by atoms with E-state index in [2.05, 4.69) is 154 Å². The van der Waals surface area contributed by atoms with E-state index in [0.717, 1.165) is 66.6 Å². The predicted octanol–water partition coefficient (Wildman–Crippen LogP) is 10.4. The Balaban J connectivity index is 1.84. The van der Waals surface area contributed by atoms with Crippen molar-refractivity contribution in [3.8, 4) is 22.5 Å². The molecule has 6 N–H and O–H groups in total. The highest BCUT2D eigenvalue weighted by atomic mass is 16.3. The normalized spacial score (nSPS) is 13.7. The Labute approximate surface area is 327 Å². The molecule has 0 radical (unpaired) electrons. The Morgan fingerprint density at radius 1 is 0.436 bits per heavy atom. The van der Waals surface area contributed by atoms with Crippen molar-refractivity contribution in [2.45, 2.75) is 110 Å². The first-order valence-electron chi connectivity index (χ1n) is 19.6. The average Bonchev–Trinajstić information content (AvgIpc) is 3.75. The second-order valence-corrected chi connectivity index (χ2v) is 19.9. The van der Waals surface area contributed by atoms with E-state index in [9.17, 15) is 20.4 Å². The van der Waals surface area contributed by atoms with Gasteiger partial charge in [0.15, 0.2) is 0 Å². The fourth-order valence-corrected chi connectivity index (χ4v) is 8.35. The van der Waals surface area contributed by atoms with Gasteiger partial charge in [0.05, 0.1) is 25.2 Å². The second-order valence-electron chi connectivity index (χ2n) is 19.9. The Morgan fingerprint density at radius 3 is 0.982 bits per heavy atom. The monoisotopic (exact) mass is 742 g/mol. The van der Waals surface area contributed by atoms with E-state index in [0.29, 0.717) is 11.1 Å². The molecule has 0 saturated heterocycles. The number of hydrogen-bond donors (Lipinski definition) is 6. The molecule has 0 bridgehead atoms. The summed E-state index contributed by atoms with van der Waals surface area (Å²) in [5, 5.41) is 51.3. The molecule has 6 rings (SSSR count). The van der Waals surface area contributed by atoms with E-state index in [1.807, 2.05) is 24.3 Å². The molecule has 0 saturated carbocycles. The van der Waals surface area contributed by atoms with Gasteiger partial charge in [0.2, 0.25) is 0 Å². The minimum absolute atomic E-state index is 0.522. The Morgan fingerprint density at radius 2 is 0.727 bits per heavy atom. The topological polar surface area (TPSA) is 112 Å². The van der Waals surface area contributed by atoms with Crippen molar-refractivity contribution in [2.75, 3.05) is 19.8 Å². The van der Waals surface area contributed by atoms with Crippen molar-refractivity contribution in [2.24, 2.45) is 5.41 Å². The number of rotatable bonds is 8. The molecule has 6 aromatic rings. The number of benzene rings is 4. The molecule has 0 aliphatic carbocycles. The standard InChI is InChI=1S/C49H62N2O4/c1-44(2,3)34-21-32(40-25-30-17-13-15-19-38(30)50-40)22-35(45(4,5)6)42(34)49(55,48(27-52,28-53)29-54)43-36(46(7,8)9)23-33(24-37(43)47(10,11)12)41-26-31-18-14-16-20-39(31)51-41/h13-26,50-55H,27-29H2,1-12H3. The smallest absolute Gasteiger partial charge is 0.128 e. The fraction of sp³-hybridized carbons (Fsp3) is 0.429. The summed E-state index contributed by atoms with van der Waals surface area (Å²) < 4.78 is 0. The van der Waals surface area contributed by atoms with Gasteiger partial charge in [-0.2, -0.15) is 0 Å². The van der Waals surface area contributed by atoms with Gasteiger partial charge in [-0.3, -0.25) is 0 Å². The van der Waals surface area contributed by atoms with Gasteiger partial charge in [-0.15, -0.1) is 0 Å². The summed E-state index contributed by atoms with van der Waals surface area (Å²) in [6.07, 6.45) is 0. The molecule has 0 atom stereocenters. The highest BCUT2D eigenvalue weighted by Crippen LogP contribution is 2.56. The zero-order chi connectivity index (χ0) is 40.5. The van der Waals surface area contributed by atoms with Crippen molar-refractivity contribution < 1.29 is 20.4 Å². The lowest BCUT2D eigenvalue weighted by molar-refractivity contribution is -0.138. The molecule has 0 unspecified atom stereocenters. The molecule has 2 heterocycles. The summed E-state index contributed by atoms with van der Waals surface area (Å²) in [4.78, 5) is 7.25. The van der Waals surface area contributed by atoms with E-state index >= 15 is 0 Å². The van der Waals surface area contributed by atoms with E-state index in [4.69, 9.17) is 0 Å². The maximum Gasteiger partial charge on any atom is 0.128 e. The quantitative estimate of drug-likeness (QED) is 0.0932. The highest BCUT2D eigenvalue weighted by Gasteiger charge is 2.58. The number of hydrogen-bond acceptors (Lipinski definition) is 4. The summed E-state index contributed by atoms with van der Waals surface area (Å²) >= 11 is 0. The molecule has 292 valence electrons. The van der Waals surface area contributed by atoms with Crippen molar-refractivity contribution in [1.82, 2.24) is 9.97 Å². The zero-order valence-corrected chi connectivity index (χ0v) is 35.0. The number of fused-ring (bicyclic) bond motifs is 2. The first-order chi connectivity index (χ1) is 25.5. The maximum absolute atomic E-state index is 14.5. The Bertz CT molecular complexity index is 2050. The van der Waals surface area contributed by atoms with Gasteiger partial charge in [-0.1, -0.05) is 119 Å².